The van der Waals surface area contributed by atoms with Crippen molar-refractivity contribution in [1.82, 2.24) is 5.32 Å². The molecule has 1 aromatic carbocycles. The Kier molecular flexibility index (Phi) is 2.86. The largest absolute Gasteiger partial charge is 0.311 e. The van der Waals surface area contributed by atoms with Crippen molar-refractivity contribution in [2.75, 3.05) is 11.4 Å². The molecule has 4 heteroatoms. The van der Waals surface area contributed by atoms with Crippen LogP contribution in [0.2, 0.25) is 0 Å². The zero-order valence-corrected chi connectivity index (χ0v) is 11.3. The number of hydrogen-bond acceptors (Lipinski definition) is 2. The van der Waals surface area contributed by atoms with Crippen LogP contribution in [0.4, 0.5) is 10.1 Å². The highest BCUT2D eigenvalue weighted by Crippen LogP contribution is 2.42. The van der Waals surface area contributed by atoms with Gasteiger partial charge in [0.15, 0.2) is 0 Å². The Morgan fingerprint density at radius 2 is 2.11 bits per heavy atom. The van der Waals surface area contributed by atoms with Crippen molar-refractivity contribution in [2.45, 2.75) is 38.8 Å². The molecule has 1 N–H and O–H groups in total. The minimum Gasteiger partial charge on any atom is -0.311 e. The van der Waals surface area contributed by atoms with Gasteiger partial charge in [-0.2, -0.15) is 0 Å². The lowest BCUT2D eigenvalue weighted by Crippen LogP contribution is -2.51. The van der Waals surface area contributed by atoms with E-state index < -0.39 is 5.41 Å². The van der Waals surface area contributed by atoms with E-state index in [0.29, 0.717) is 5.69 Å². The van der Waals surface area contributed by atoms with E-state index in [1.165, 1.54) is 6.07 Å². The Balaban J connectivity index is 2.06. The smallest absolute Gasteiger partial charge is 0.234 e. The van der Waals surface area contributed by atoms with E-state index in [1.54, 1.807) is 23.1 Å². The molecule has 0 spiro atoms. The zero-order valence-electron chi connectivity index (χ0n) is 11.3. The normalized spacial score (nSPS) is 29.4. The number of anilines is 1. The minimum atomic E-state index is -0.479. The number of carbonyl (C=O) groups excluding carboxylic acids is 1. The van der Waals surface area contributed by atoms with Gasteiger partial charge in [0.05, 0.1) is 17.1 Å². The summed E-state index contributed by atoms with van der Waals surface area (Å²) in [5, 5.41) is 3.44. The molecule has 3 nitrogen and oxygen atoms in total. The first-order valence-corrected chi connectivity index (χ1v) is 6.85. The molecule has 2 heterocycles. The summed E-state index contributed by atoms with van der Waals surface area (Å²) < 4.78 is 14.0. The summed E-state index contributed by atoms with van der Waals surface area (Å²) >= 11 is 0. The van der Waals surface area contributed by atoms with Crippen LogP contribution in [-0.2, 0) is 4.79 Å². The molecule has 0 aliphatic carbocycles. The quantitative estimate of drug-likeness (QED) is 0.842. The third kappa shape index (κ3) is 1.77. The molecule has 2 aliphatic rings. The van der Waals surface area contributed by atoms with Crippen LogP contribution in [0.15, 0.2) is 24.3 Å². The maximum absolute atomic E-state index is 14.0. The predicted molar refractivity (Wildman–Crippen MR) is 72.5 cm³/mol. The first kappa shape index (κ1) is 12.6. The molecule has 102 valence electrons. The first-order valence-electron chi connectivity index (χ1n) is 6.85. The number of fused-ring (bicyclic) bond motifs is 1. The fourth-order valence-corrected chi connectivity index (χ4v) is 3.41. The van der Waals surface area contributed by atoms with Crippen molar-refractivity contribution in [1.29, 1.82) is 0 Å². The molecule has 1 amide bonds. The summed E-state index contributed by atoms with van der Waals surface area (Å²) in [6.45, 7) is 4.83. The van der Waals surface area contributed by atoms with Gasteiger partial charge in [-0.3, -0.25) is 4.79 Å². The molecular formula is C15H19FN2O. The molecule has 3 rings (SSSR count). The maximum Gasteiger partial charge on any atom is 0.234 e. The fraction of sp³-hybridized carbons (Fsp3) is 0.533. The van der Waals surface area contributed by atoms with Gasteiger partial charge in [0.1, 0.15) is 5.82 Å². The fourth-order valence-electron chi connectivity index (χ4n) is 3.41. The number of benzene rings is 1. The van der Waals surface area contributed by atoms with Crippen LogP contribution >= 0.6 is 0 Å². The standard InChI is InChI=1S/C15H19FN2O/c1-15(2)13-12(8-5-9-17-13)18(14(15)19)11-7-4-3-6-10(11)16/h3-4,6-7,12-13,17H,5,8-9H2,1-2H3. The van der Waals surface area contributed by atoms with Crippen molar-refractivity contribution in [3.63, 3.8) is 0 Å². The van der Waals surface area contributed by atoms with Gasteiger partial charge in [-0.25, -0.2) is 4.39 Å². The molecule has 0 bridgehead atoms. The monoisotopic (exact) mass is 262 g/mol. The lowest BCUT2D eigenvalue weighted by molar-refractivity contribution is -0.124. The second-order valence-corrected chi connectivity index (χ2v) is 5.99. The number of hydrogen-bond donors (Lipinski definition) is 1. The van der Waals surface area contributed by atoms with Crippen molar-refractivity contribution in [3.05, 3.63) is 30.1 Å². The molecule has 1 aromatic rings. The molecule has 0 aromatic heterocycles. The molecule has 2 fully saturated rings. The number of rotatable bonds is 1. The average Bonchev–Trinajstić information content (AvgIpc) is 2.60. The van der Waals surface area contributed by atoms with Crippen LogP contribution < -0.4 is 10.2 Å². The van der Waals surface area contributed by atoms with Crippen LogP contribution in [0.25, 0.3) is 0 Å². The zero-order chi connectivity index (χ0) is 13.6. The molecule has 19 heavy (non-hydrogen) atoms. The number of para-hydroxylation sites is 1. The van der Waals surface area contributed by atoms with E-state index in [2.05, 4.69) is 5.32 Å². The lowest BCUT2D eigenvalue weighted by atomic mass is 9.81. The van der Waals surface area contributed by atoms with Gasteiger partial charge in [0.2, 0.25) is 5.91 Å². The third-order valence-corrected chi connectivity index (χ3v) is 4.42. The van der Waals surface area contributed by atoms with Crippen LogP contribution in [0.1, 0.15) is 26.7 Å². The summed E-state index contributed by atoms with van der Waals surface area (Å²) in [5.74, 6) is -0.306. The Morgan fingerprint density at radius 1 is 1.37 bits per heavy atom. The number of halogens is 1. The molecule has 0 radical (unpaired) electrons. The van der Waals surface area contributed by atoms with Crippen molar-refractivity contribution in [3.8, 4) is 0 Å². The SMILES string of the molecule is CC1(C)C(=O)N(c2ccccc2F)C2CCCNC21. The minimum absolute atomic E-state index is 0.0157. The first-order chi connectivity index (χ1) is 9.03. The van der Waals surface area contributed by atoms with Crippen molar-refractivity contribution < 1.29 is 9.18 Å². The molecule has 2 unspecified atom stereocenters. The topological polar surface area (TPSA) is 32.3 Å². The molecule has 2 aliphatic heterocycles. The molecule has 0 saturated carbocycles. The van der Waals surface area contributed by atoms with Crippen molar-refractivity contribution >= 4 is 11.6 Å². The van der Waals surface area contributed by atoms with Crippen molar-refractivity contribution in [2.24, 2.45) is 5.41 Å². The van der Waals surface area contributed by atoms with Crippen LogP contribution in [0, 0.1) is 11.2 Å². The number of amides is 1. The van der Waals surface area contributed by atoms with Gasteiger partial charge >= 0.3 is 0 Å². The van der Waals surface area contributed by atoms with Gasteiger partial charge in [0.25, 0.3) is 0 Å². The highest BCUT2D eigenvalue weighted by atomic mass is 19.1. The Labute approximate surface area is 112 Å². The van der Waals surface area contributed by atoms with Gasteiger partial charge in [0, 0.05) is 6.04 Å². The summed E-state index contributed by atoms with van der Waals surface area (Å²) in [6, 6.07) is 6.71. The average molecular weight is 262 g/mol. The second-order valence-electron chi connectivity index (χ2n) is 5.99. The van der Waals surface area contributed by atoms with Crippen LogP contribution in [0.5, 0.6) is 0 Å². The summed E-state index contributed by atoms with van der Waals surface area (Å²) in [4.78, 5) is 14.3. The Morgan fingerprint density at radius 3 is 2.84 bits per heavy atom. The Bertz CT molecular complexity index is 515. The molecular weight excluding hydrogens is 243 g/mol. The summed E-state index contributed by atoms with van der Waals surface area (Å²) in [6.07, 6.45) is 1.96. The van der Waals surface area contributed by atoms with E-state index in [0.717, 1.165) is 19.4 Å². The molecule has 2 saturated heterocycles. The van der Waals surface area contributed by atoms with Gasteiger partial charge in [-0.15, -0.1) is 0 Å². The van der Waals surface area contributed by atoms with E-state index in [4.69, 9.17) is 0 Å². The van der Waals surface area contributed by atoms with Crippen LogP contribution in [0.3, 0.4) is 0 Å². The predicted octanol–water partition coefficient (Wildman–Crippen LogP) is 2.32. The van der Waals surface area contributed by atoms with Gasteiger partial charge in [-0.05, 0) is 45.4 Å². The van der Waals surface area contributed by atoms with Gasteiger partial charge < -0.3 is 10.2 Å². The summed E-state index contributed by atoms with van der Waals surface area (Å²) in [7, 11) is 0. The van der Waals surface area contributed by atoms with E-state index in [9.17, 15) is 9.18 Å². The Hall–Kier alpha value is -1.42. The number of carbonyl (C=O) groups is 1. The van der Waals surface area contributed by atoms with E-state index in [-0.39, 0.29) is 23.8 Å². The van der Waals surface area contributed by atoms with E-state index in [1.807, 2.05) is 13.8 Å². The molecule has 2 atom stereocenters. The number of nitrogens with one attached hydrogen (secondary N) is 1. The second kappa shape index (κ2) is 4.30. The highest BCUT2D eigenvalue weighted by molar-refractivity contribution is 6.01. The summed E-state index contributed by atoms with van der Waals surface area (Å²) in [5.41, 5.74) is -0.0651. The highest BCUT2D eigenvalue weighted by Gasteiger charge is 2.54. The lowest BCUT2D eigenvalue weighted by Gasteiger charge is -2.34. The van der Waals surface area contributed by atoms with Gasteiger partial charge in [-0.1, -0.05) is 12.1 Å². The van der Waals surface area contributed by atoms with Crippen LogP contribution in [-0.4, -0.2) is 24.5 Å². The number of piperidine rings is 1. The number of nitrogens with zero attached hydrogens (tertiary/aromatic N) is 1. The third-order valence-electron chi connectivity index (χ3n) is 4.42. The van der Waals surface area contributed by atoms with E-state index >= 15 is 0 Å². The maximum atomic E-state index is 14.0.